The third-order valence-corrected chi connectivity index (χ3v) is 5.73. The van der Waals surface area contributed by atoms with Crippen LogP contribution in [0.3, 0.4) is 0 Å². The molecule has 1 aromatic heterocycles. The number of ether oxygens (including phenoxy) is 1. The van der Waals surface area contributed by atoms with E-state index in [-0.39, 0.29) is 11.6 Å². The number of amides is 1. The highest BCUT2D eigenvalue weighted by Gasteiger charge is 2.57. The Bertz CT molecular complexity index is 972. The van der Waals surface area contributed by atoms with Gasteiger partial charge in [-0.2, -0.15) is 0 Å². The predicted octanol–water partition coefficient (Wildman–Crippen LogP) is 1.09. The van der Waals surface area contributed by atoms with Gasteiger partial charge in [0, 0.05) is 43.6 Å². The molecule has 27 heavy (non-hydrogen) atoms. The summed E-state index contributed by atoms with van der Waals surface area (Å²) in [4.78, 5) is 31.1. The minimum atomic E-state index is -0.708. The van der Waals surface area contributed by atoms with E-state index in [1.807, 2.05) is 19.1 Å². The maximum Gasteiger partial charge on any atom is 0.407 e. The van der Waals surface area contributed by atoms with Crippen LogP contribution >= 0.6 is 0 Å². The molecular weight excluding hydrogens is 348 g/mol. The Morgan fingerprint density at radius 3 is 2.63 bits per heavy atom. The number of anilines is 1. The zero-order valence-corrected chi connectivity index (χ0v) is 15.9. The van der Waals surface area contributed by atoms with Crippen molar-refractivity contribution in [3.63, 3.8) is 0 Å². The first-order valence-corrected chi connectivity index (χ1v) is 9.10. The quantitative estimate of drug-likeness (QED) is 0.837. The van der Waals surface area contributed by atoms with E-state index in [4.69, 9.17) is 4.98 Å². The van der Waals surface area contributed by atoms with Crippen LogP contribution in [0.4, 0.5) is 10.7 Å². The Labute approximate surface area is 156 Å². The van der Waals surface area contributed by atoms with Crippen LogP contribution in [-0.2, 0) is 11.8 Å². The first-order chi connectivity index (χ1) is 12.8. The maximum absolute atomic E-state index is 12.9. The van der Waals surface area contributed by atoms with E-state index in [0.29, 0.717) is 34.3 Å². The fourth-order valence-corrected chi connectivity index (χ4v) is 4.24. The van der Waals surface area contributed by atoms with Crippen LogP contribution in [0, 0.1) is 18.8 Å². The smallest absolute Gasteiger partial charge is 0.407 e. The molecule has 4 rings (SSSR count). The zero-order valence-electron chi connectivity index (χ0n) is 15.9. The summed E-state index contributed by atoms with van der Waals surface area (Å²) in [5.41, 5.74) is 2.02. The number of hydrogen-bond acceptors (Lipinski definition) is 6. The first kappa shape index (κ1) is 17.8. The van der Waals surface area contributed by atoms with Gasteiger partial charge in [-0.05, 0) is 25.5 Å². The van der Waals surface area contributed by atoms with Crippen molar-refractivity contribution in [2.45, 2.75) is 26.0 Å². The molecule has 0 radical (unpaired) electrons. The first-order valence-electron chi connectivity index (χ1n) is 9.10. The zero-order chi connectivity index (χ0) is 19.5. The number of rotatable bonds is 3. The lowest BCUT2D eigenvalue weighted by atomic mass is 10.0. The number of aliphatic hydroxyl groups is 1. The van der Waals surface area contributed by atoms with Gasteiger partial charge in [-0.1, -0.05) is 6.07 Å². The second kappa shape index (κ2) is 6.23. The summed E-state index contributed by atoms with van der Waals surface area (Å²) in [5.74, 6) is 1.28. The van der Waals surface area contributed by atoms with Crippen molar-refractivity contribution in [1.29, 1.82) is 0 Å². The lowest BCUT2D eigenvalue weighted by Crippen LogP contribution is -2.37. The lowest BCUT2D eigenvalue weighted by Gasteiger charge is -2.24. The van der Waals surface area contributed by atoms with Gasteiger partial charge in [0.05, 0.1) is 24.1 Å². The van der Waals surface area contributed by atoms with E-state index < -0.39 is 12.2 Å². The molecule has 1 saturated carbocycles. The maximum atomic E-state index is 12.9. The molecule has 1 aromatic carbocycles. The fraction of sp³-hybridized carbons (Fsp3) is 0.526. The standard InChI is InChI=1S/C19H24N4O4/c1-9-5-11(10(2)24)15-12(6-9)17(25)22(3)18(20-15)23-7-13-14(8-23)16(13)21-19(26)27-4/h5-6,10,13-14,16,24H,7-8H2,1-4H3,(H,21,26). The number of methoxy groups -OCH3 is 1. The number of aromatic nitrogens is 2. The van der Waals surface area contributed by atoms with Crippen LogP contribution in [0.1, 0.15) is 24.2 Å². The van der Waals surface area contributed by atoms with E-state index in [1.54, 1.807) is 18.5 Å². The molecule has 8 nitrogen and oxygen atoms in total. The number of nitrogens with one attached hydrogen (secondary N) is 1. The number of carbonyl (C=O) groups excluding carboxylic acids is 1. The number of benzene rings is 1. The Balaban J connectivity index is 1.67. The van der Waals surface area contributed by atoms with E-state index >= 15 is 0 Å². The summed E-state index contributed by atoms with van der Waals surface area (Å²) < 4.78 is 6.23. The van der Waals surface area contributed by atoms with Crippen molar-refractivity contribution >= 4 is 22.9 Å². The molecule has 2 fully saturated rings. The highest BCUT2D eigenvalue weighted by atomic mass is 16.5. The van der Waals surface area contributed by atoms with Gasteiger partial charge in [-0.3, -0.25) is 9.36 Å². The van der Waals surface area contributed by atoms with Crippen molar-refractivity contribution in [2.75, 3.05) is 25.1 Å². The second-order valence-corrected chi connectivity index (χ2v) is 7.60. The van der Waals surface area contributed by atoms with Crippen molar-refractivity contribution in [1.82, 2.24) is 14.9 Å². The van der Waals surface area contributed by atoms with Gasteiger partial charge in [0.2, 0.25) is 5.95 Å². The Morgan fingerprint density at radius 2 is 2.04 bits per heavy atom. The predicted molar refractivity (Wildman–Crippen MR) is 101 cm³/mol. The van der Waals surface area contributed by atoms with Crippen LogP contribution in [0.5, 0.6) is 0 Å². The largest absolute Gasteiger partial charge is 0.453 e. The third kappa shape index (κ3) is 2.84. The van der Waals surface area contributed by atoms with Crippen molar-refractivity contribution in [3.05, 3.63) is 33.6 Å². The summed E-state index contributed by atoms with van der Waals surface area (Å²) in [7, 11) is 3.08. The van der Waals surface area contributed by atoms with E-state index in [0.717, 1.165) is 18.7 Å². The van der Waals surface area contributed by atoms with Crippen LogP contribution in [-0.4, -0.2) is 47.0 Å². The molecule has 2 N–H and O–H groups in total. The molecule has 3 unspecified atom stereocenters. The number of aryl methyl sites for hydroxylation is 1. The molecule has 144 valence electrons. The molecule has 1 aliphatic carbocycles. The van der Waals surface area contributed by atoms with Crippen molar-refractivity contribution in [2.24, 2.45) is 18.9 Å². The molecule has 2 aliphatic rings. The molecule has 1 saturated heterocycles. The molecule has 8 heteroatoms. The minimum absolute atomic E-state index is 0.120. The highest BCUT2D eigenvalue weighted by molar-refractivity contribution is 5.83. The van der Waals surface area contributed by atoms with Crippen molar-refractivity contribution < 1.29 is 14.6 Å². The highest BCUT2D eigenvalue weighted by Crippen LogP contribution is 2.46. The fourth-order valence-electron chi connectivity index (χ4n) is 4.24. The number of carbonyl (C=O) groups is 1. The molecule has 2 heterocycles. The van der Waals surface area contributed by atoms with Crippen molar-refractivity contribution in [3.8, 4) is 0 Å². The number of hydrogen-bond donors (Lipinski definition) is 2. The summed E-state index contributed by atoms with van der Waals surface area (Å²) in [6.45, 7) is 5.03. The Morgan fingerprint density at radius 1 is 1.37 bits per heavy atom. The lowest BCUT2D eigenvalue weighted by molar-refractivity contribution is 0.169. The van der Waals surface area contributed by atoms with Gasteiger partial charge in [-0.25, -0.2) is 9.78 Å². The van der Waals surface area contributed by atoms with Crippen LogP contribution in [0.2, 0.25) is 0 Å². The van der Waals surface area contributed by atoms with Gasteiger partial charge in [0.1, 0.15) is 0 Å². The third-order valence-electron chi connectivity index (χ3n) is 5.73. The molecule has 0 bridgehead atoms. The summed E-state index contributed by atoms with van der Waals surface area (Å²) >= 11 is 0. The summed E-state index contributed by atoms with van der Waals surface area (Å²) in [6, 6.07) is 3.82. The topological polar surface area (TPSA) is 96.7 Å². The average Bonchev–Trinajstić information content (AvgIpc) is 3.06. The average molecular weight is 372 g/mol. The Kier molecular flexibility index (Phi) is 4.10. The van der Waals surface area contributed by atoms with Gasteiger partial charge >= 0.3 is 6.09 Å². The number of aliphatic hydroxyl groups excluding tert-OH is 1. The van der Waals surface area contributed by atoms with Gasteiger partial charge in [0.25, 0.3) is 5.56 Å². The molecule has 2 aromatic rings. The number of alkyl carbamates (subject to hydrolysis) is 1. The van der Waals surface area contributed by atoms with Crippen LogP contribution < -0.4 is 15.8 Å². The molecule has 3 atom stereocenters. The molecule has 0 spiro atoms. The minimum Gasteiger partial charge on any atom is -0.453 e. The van der Waals surface area contributed by atoms with E-state index in [9.17, 15) is 14.7 Å². The molecular formula is C19H24N4O4. The summed E-state index contributed by atoms with van der Waals surface area (Å²) in [5, 5.41) is 13.5. The SMILES string of the molecule is COC(=O)NC1C2CN(c3nc4c(C(C)O)cc(C)cc4c(=O)n3C)CC21. The Hall–Kier alpha value is -2.61. The molecule has 1 amide bonds. The second-order valence-electron chi connectivity index (χ2n) is 7.60. The number of fused-ring (bicyclic) bond motifs is 2. The van der Waals surface area contributed by atoms with Gasteiger partial charge in [-0.15, -0.1) is 0 Å². The summed E-state index contributed by atoms with van der Waals surface area (Å²) in [6.07, 6.45) is -1.12. The van der Waals surface area contributed by atoms with E-state index in [2.05, 4.69) is 15.0 Å². The monoisotopic (exact) mass is 372 g/mol. The van der Waals surface area contributed by atoms with Crippen LogP contribution in [0.25, 0.3) is 10.9 Å². The van der Waals surface area contributed by atoms with Gasteiger partial charge in [0.15, 0.2) is 0 Å². The number of nitrogens with zero attached hydrogens (tertiary/aromatic N) is 3. The van der Waals surface area contributed by atoms with E-state index in [1.165, 1.54) is 7.11 Å². The van der Waals surface area contributed by atoms with Gasteiger partial charge < -0.3 is 20.1 Å². The van der Waals surface area contributed by atoms with Crippen LogP contribution in [0.15, 0.2) is 16.9 Å². The molecule has 1 aliphatic heterocycles. The number of piperidine rings is 1. The normalized spacial score (nSPS) is 24.6.